The van der Waals surface area contributed by atoms with Crippen LogP contribution in [0.2, 0.25) is 0 Å². The predicted octanol–water partition coefficient (Wildman–Crippen LogP) is 4.68. The molecule has 17 heavy (non-hydrogen) atoms. The van der Waals surface area contributed by atoms with Gasteiger partial charge in [0.25, 0.3) is 0 Å². The summed E-state index contributed by atoms with van der Waals surface area (Å²) in [5.74, 6) is 0.372. The minimum Gasteiger partial charge on any atom is -0.299 e. The lowest BCUT2D eigenvalue weighted by molar-refractivity contribution is -0.125. The largest absolute Gasteiger partial charge is 0.299 e. The van der Waals surface area contributed by atoms with E-state index < -0.39 is 0 Å². The number of Topliss-reactive ketones (excluding diaryl/α,β-unsaturated/α-hetero) is 1. The summed E-state index contributed by atoms with van der Waals surface area (Å²) in [7, 11) is 0. The normalized spacial score (nSPS) is 21.4. The zero-order chi connectivity index (χ0) is 13.3. The molecule has 1 aliphatic rings. The van der Waals surface area contributed by atoms with Crippen LogP contribution in [0.25, 0.3) is 0 Å². The van der Waals surface area contributed by atoms with Gasteiger partial charge < -0.3 is 0 Å². The molecule has 0 amide bonds. The van der Waals surface area contributed by atoms with Crippen molar-refractivity contribution in [3.63, 3.8) is 0 Å². The zero-order valence-corrected chi connectivity index (χ0v) is 12.2. The van der Waals surface area contributed by atoms with Gasteiger partial charge >= 0.3 is 0 Å². The van der Waals surface area contributed by atoms with Crippen LogP contribution in [0.1, 0.15) is 60.8 Å². The molecule has 0 aromatic carbocycles. The first-order valence-corrected chi connectivity index (χ1v) is 6.63. The van der Waals surface area contributed by atoms with E-state index in [9.17, 15) is 4.79 Å². The lowest BCUT2D eigenvalue weighted by Crippen LogP contribution is -2.30. The second-order valence-electron chi connectivity index (χ2n) is 6.42. The summed E-state index contributed by atoms with van der Waals surface area (Å²) >= 11 is 0. The van der Waals surface area contributed by atoms with Crippen molar-refractivity contribution < 1.29 is 4.79 Å². The molecule has 1 nitrogen and oxygen atoms in total. The van der Waals surface area contributed by atoms with Crippen molar-refractivity contribution in [1.29, 1.82) is 0 Å². The summed E-state index contributed by atoms with van der Waals surface area (Å²) in [4.78, 5) is 12.0. The van der Waals surface area contributed by atoms with Crippen LogP contribution in [-0.2, 0) is 4.79 Å². The molecule has 0 spiro atoms. The second kappa shape index (κ2) is 4.80. The first-order valence-electron chi connectivity index (χ1n) is 6.63. The fourth-order valence-electron chi connectivity index (χ4n) is 2.21. The Hall–Kier alpha value is -0.850. The number of allylic oxidation sites excluding steroid dienone is 4. The van der Waals surface area contributed by atoms with Gasteiger partial charge in [-0.15, -0.1) is 0 Å². The fraction of sp³-hybridized carbons (Fsp3) is 0.688. The van der Waals surface area contributed by atoms with Crippen LogP contribution in [-0.4, -0.2) is 5.78 Å². The van der Waals surface area contributed by atoms with Gasteiger partial charge in [-0.2, -0.15) is 0 Å². The Bertz CT molecular complexity index is 367. The van der Waals surface area contributed by atoms with E-state index in [1.54, 1.807) is 0 Å². The molecule has 96 valence electrons. The Kier molecular flexibility index (Phi) is 4.01. The standard InChI is InChI=1S/C16H26O/c1-7-15(3,4)11-10-13-12(2)8-9-14(17)16(13,5)6/h10-11H,7-9H2,1-6H3/b11-10+. The monoisotopic (exact) mass is 234 g/mol. The Morgan fingerprint density at radius 2 is 1.88 bits per heavy atom. The van der Waals surface area contributed by atoms with Crippen LogP contribution < -0.4 is 0 Å². The van der Waals surface area contributed by atoms with Gasteiger partial charge in [-0.1, -0.05) is 38.5 Å². The fourth-order valence-corrected chi connectivity index (χ4v) is 2.21. The maximum atomic E-state index is 12.0. The first-order chi connectivity index (χ1) is 7.70. The molecular formula is C16H26O. The van der Waals surface area contributed by atoms with E-state index in [0.29, 0.717) is 12.2 Å². The third-order valence-electron chi connectivity index (χ3n) is 4.17. The van der Waals surface area contributed by atoms with Gasteiger partial charge in [0.05, 0.1) is 0 Å². The third kappa shape index (κ3) is 3.08. The summed E-state index contributed by atoms with van der Waals surface area (Å²) in [6.45, 7) is 12.9. The molecule has 0 aromatic heterocycles. The first kappa shape index (κ1) is 14.2. The van der Waals surface area contributed by atoms with E-state index in [2.05, 4.69) is 53.7 Å². The summed E-state index contributed by atoms with van der Waals surface area (Å²) in [6, 6.07) is 0. The van der Waals surface area contributed by atoms with Crippen LogP contribution in [0.5, 0.6) is 0 Å². The molecule has 1 heteroatoms. The Labute approximate surface area is 106 Å². The molecule has 0 aliphatic heterocycles. The molecule has 0 fully saturated rings. The zero-order valence-electron chi connectivity index (χ0n) is 12.2. The average Bonchev–Trinajstić information content (AvgIpc) is 2.23. The maximum Gasteiger partial charge on any atom is 0.143 e. The third-order valence-corrected chi connectivity index (χ3v) is 4.17. The van der Waals surface area contributed by atoms with Crippen LogP contribution in [0.15, 0.2) is 23.3 Å². The summed E-state index contributed by atoms with van der Waals surface area (Å²) in [6.07, 6.45) is 7.19. The molecule has 0 atom stereocenters. The van der Waals surface area contributed by atoms with E-state index in [4.69, 9.17) is 0 Å². The van der Waals surface area contributed by atoms with E-state index >= 15 is 0 Å². The summed E-state index contributed by atoms with van der Waals surface area (Å²) < 4.78 is 0. The van der Waals surface area contributed by atoms with Crippen molar-refractivity contribution >= 4 is 5.78 Å². The quantitative estimate of drug-likeness (QED) is 0.692. The molecule has 0 radical (unpaired) electrons. The summed E-state index contributed by atoms with van der Waals surface area (Å²) in [5.41, 5.74) is 2.51. The molecule has 0 bridgehead atoms. The van der Waals surface area contributed by atoms with Gasteiger partial charge in [0.2, 0.25) is 0 Å². The van der Waals surface area contributed by atoms with E-state index in [0.717, 1.165) is 12.8 Å². The number of carbonyl (C=O) groups excluding carboxylic acids is 1. The number of carbonyl (C=O) groups is 1. The van der Waals surface area contributed by atoms with Crippen molar-refractivity contribution in [1.82, 2.24) is 0 Å². The molecule has 1 rings (SSSR count). The molecular weight excluding hydrogens is 208 g/mol. The van der Waals surface area contributed by atoms with Gasteiger partial charge in [-0.25, -0.2) is 0 Å². The minimum atomic E-state index is -0.303. The van der Waals surface area contributed by atoms with Gasteiger partial charge in [-0.05, 0) is 44.6 Å². The van der Waals surface area contributed by atoms with Crippen molar-refractivity contribution in [3.05, 3.63) is 23.3 Å². The SMILES string of the molecule is CCC(C)(C)/C=C/C1=C(C)CCC(=O)C1(C)C. The highest BCUT2D eigenvalue weighted by atomic mass is 16.1. The Balaban J connectivity index is 3.06. The molecule has 1 aliphatic carbocycles. The maximum absolute atomic E-state index is 12.0. The van der Waals surface area contributed by atoms with Crippen LogP contribution in [0, 0.1) is 10.8 Å². The van der Waals surface area contributed by atoms with Crippen LogP contribution >= 0.6 is 0 Å². The predicted molar refractivity (Wildman–Crippen MR) is 73.9 cm³/mol. The summed E-state index contributed by atoms with van der Waals surface area (Å²) in [5, 5.41) is 0. The van der Waals surface area contributed by atoms with Crippen molar-refractivity contribution in [2.24, 2.45) is 10.8 Å². The lowest BCUT2D eigenvalue weighted by Gasteiger charge is -2.32. The smallest absolute Gasteiger partial charge is 0.143 e. The minimum absolute atomic E-state index is 0.212. The molecule has 0 N–H and O–H groups in total. The number of ketones is 1. The van der Waals surface area contributed by atoms with E-state index in [1.165, 1.54) is 11.1 Å². The number of hydrogen-bond donors (Lipinski definition) is 0. The van der Waals surface area contributed by atoms with Gasteiger partial charge in [-0.3, -0.25) is 4.79 Å². The van der Waals surface area contributed by atoms with Gasteiger partial charge in [0.15, 0.2) is 0 Å². The van der Waals surface area contributed by atoms with Crippen LogP contribution in [0.4, 0.5) is 0 Å². The van der Waals surface area contributed by atoms with Crippen molar-refractivity contribution in [2.75, 3.05) is 0 Å². The highest BCUT2D eigenvalue weighted by molar-refractivity contribution is 5.89. The molecule has 0 unspecified atom stereocenters. The molecule has 0 heterocycles. The lowest BCUT2D eigenvalue weighted by atomic mass is 9.71. The highest BCUT2D eigenvalue weighted by Crippen LogP contribution is 2.39. The van der Waals surface area contributed by atoms with Gasteiger partial charge in [0, 0.05) is 11.8 Å². The number of rotatable bonds is 3. The van der Waals surface area contributed by atoms with Gasteiger partial charge in [0.1, 0.15) is 5.78 Å². The Morgan fingerprint density at radius 3 is 2.41 bits per heavy atom. The van der Waals surface area contributed by atoms with E-state index in [1.807, 2.05) is 0 Å². The molecule has 0 aromatic rings. The van der Waals surface area contributed by atoms with Crippen LogP contribution in [0.3, 0.4) is 0 Å². The second-order valence-corrected chi connectivity index (χ2v) is 6.42. The molecule has 0 saturated heterocycles. The van der Waals surface area contributed by atoms with E-state index in [-0.39, 0.29) is 10.8 Å². The van der Waals surface area contributed by atoms with Crippen molar-refractivity contribution in [3.8, 4) is 0 Å². The topological polar surface area (TPSA) is 17.1 Å². The highest BCUT2D eigenvalue weighted by Gasteiger charge is 2.34. The Morgan fingerprint density at radius 1 is 1.29 bits per heavy atom. The average molecular weight is 234 g/mol. The number of hydrogen-bond acceptors (Lipinski definition) is 1. The molecule has 0 saturated carbocycles. The van der Waals surface area contributed by atoms with Crippen molar-refractivity contribution in [2.45, 2.75) is 60.8 Å².